The molecule has 1 aliphatic heterocycles. The van der Waals surface area contributed by atoms with Gasteiger partial charge in [-0.1, -0.05) is 44.2 Å². The first-order chi connectivity index (χ1) is 10.6. The molecule has 1 aromatic carbocycles. The third-order valence-electron chi connectivity index (χ3n) is 4.10. The van der Waals surface area contributed by atoms with Crippen molar-refractivity contribution in [2.24, 2.45) is 5.92 Å². The molecule has 4 nitrogen and oxygen atoms in total. The molecule has 1 aromatic heterocycles. The Hall–Kier alpha value is -2.38. The van der Waals surface area contributed by atoms with E-state index in [-0.39, 0.29) is 17.8 Å². The van der Waals surface area contributed by atoms with Crippen LogP contribution in [0.5, 0.6) is 5.75 Å². The first-order valence-electron chi connectivity index (χ1n) is 7.40. The van der Waals surface area contributed by atoms with E-state index in [1.54, 1.807) is 6.20 Å². The molecule has 2 unspecified atom stereocenters. The maximum Gasteiger partial charge on any atom is 0.144 e. The van der Waals surface area contributed by atoms with Gasteiger partial charge in [0.1, 0.15) is 11.9 Å². The van der Waals surface area contributed by atoms with Crippen LogP contribution in [0.3, 0.4) is 0 Å². The maximum atomic E-state index is 10.5. The molecule has 2 aromatic rings. The van der Waals surface area contributed by atoms with E-state index in [4.69, 9.17) is 4.74 Å². The summed E-state index contributed by atoms with van der Waals surface area (Å²) in [6.07, 6.45) is 1.53. The Morgan fingerprint density at radius 3 is 2.68 bits per heavy atom. The molecule has 0 radical (unpaired) electrons. The van der Waals surface area contributed by atoms with Crippen LogP contribution >= 0.6 is 0 Å². The molecule has 22 heavy (non-hydrogen) atoms. The van der Waals surface area contributed by atoms with Gasteiger partial charge in [-0.3, -0.25) is 4.98 Å². The number of ether oxygens (including phenoxy) is 1. The number of pyridine rings is 1. The van der Waals surface area contributed by atoms with Crippen LogP contribution < -0.4 is 0 Å². The van der Waals surface area contributed by atoms with Gasteiger partial charge in [-0.05, 0) is 11.5 Å². The highest BCUT2D eigenvalue weighted by Gasteiger charge is 2.31. The van der Waals surface area contributed by atoms with Crippen LogP contribution in [0.25, 0.3) is 0 Å². The fourth-order valence-corrected chi connectivity index (χ4v) is 2.86. The highest BCUT2D eigenvalue weighted by molar-refractivity contribution is 5.48. The fraction of sp³-hybridized carbons (Fsp3) is 0.333. The van der Waals surface area contributed by atoms with E-state index in [2.05, 4.69) is 11.1 Å². The highest BCUT2D eigenvalue weighted by Crippen LogP contribution is 2.42. The van der Waals surface area contributed by atoms with Crippen molar-refractivity contribution in [3.63, 3.8) is 0 Å². The fourth-order valence-electron chi connectivity index (χ4n) is 2.86. The van der Waals surface area contributed by atoms with Crippen molar-refractivity contribution in [3.8, 4) is 11.8 Å². The number of aromatic hydroxyl groups is 1. The SMILES string of the molecule is CC(C)C(C#N)c1ncc2c(c1O)COC2c1ccccc1. The van der Waals surface area contributed by atoms with Crippen LogP contribution in [0.4, 0.5) is 0 Å². The minimum Gasteiger partial charge on any atom is -0.506 e. The molecule has 4 heteroatoms. The summed E-state index contributed by atoms with van der Waals surface area (Å²) >= 11 is 0. The van der Waals surface area contributed by atoms with E-state index in [1.165, 1.54) is 0 Å². The van der Waals surface area contributed by atoms with Gasteiger partial charge in [-0.25, -0.2) is 0 Å². The third-order valence-corrected chi connectivity index (χ3v) is 4.10. The van der Waals surface area contributed by atoms with Crippen LogP contribution in [-0.4, -0.2) is 10.1 Å². The van der Waals surface area contributed by atoms with E-state index in [0.717, 1.165) is 16.7 Å². The molecule has 0 amide bonds. The summed E-state index contributed by atoms with van der Waals surface area (Å²) in [4.78, 5) is 4.37. The molecule has 3 rings (SSSR count). The van der Waals surface area contributed by atoms with Crippen molar-refractivity contribution in [2.75, 3.05) is 0 Å². The van der Waals surface area contributed by atoms with Crippen LogP contribution in [0.1, 0.15) is 48.3 Å². The molecule has 0 fully saturated rings. The van der Waals surface area contributed by atoms with Crippen LogP contribution in [0.15, 0.2) is 36.5 Å². The van der Waals surface area contributed by atoms with Gasteiger partial charge in [-0.2, -0.15) is 5.26 Å². The molecule has 2 atom stereocenters. The molecular weight excluding hydrogens is 276 g/mol. The first kappa shape index (κ1) is 14.6. The number of benzene rings is 1. The van der Waals surface area contributed by atoms with E-state index in [1.807, 2.05) is 44.2 Å². The van der Waals surface area contributed by atoms with Crippen LogP contribution in [0.2, 0.25) is 0 Å². The summed E-state index contributed by atoms with van der Waals surface area (Å²) in [5, 5.41) is 19.9. The van der Waals surface area contributed by atoms with Gasteiger partial charge in [0.15, 0.2) is 0 Å². The van der Waals surface area contributed by atoms with Gasteiger partial charge < -0.3 is 9.84 Å². The van der Waals surface area contributed by atoms with Gasteiger partial charge in [0.05, 0.1) is 24.3 Å². The predicted molar refractivity (Wildman–Crippen MR) is 82.2 cm³/mol. The topological polar surface area (TPSA) is 66.1 Å². The quantitative estimate of drug-likeness (QED) is 0.938. The molecule has 2 heterocycles. The van der Waals surface area contributed by atoms with Gasteiger partial charge >= 0.3 is 0 Å². The second kappa shape index (κ2) is 5.78. The minimum atomic E-state index is -0.416. The molecule has 0 saturated heterocycles. The molecular formula is C18H18N2O2. The Morgan fingerprint density at radius 2 is 2.05 bits per heavy atom. The number of hydrogen-bond acceptors (Lipinski definition) is 4. The lowest BCUT2D eigenvalue weighted by Crippen LogP contribution is -2.08. The lowest BCUT2D eigenvalue weighted by Gasteiger charge is -2.16. The Morgan fingerprint density at radius 1 is 1.32 bits per heavy atom. The second-order valence-corrected chi connectivity index (χ2v) is 5.88. The number of hydrogen-bond donors (Lipinski definition) is 1. The monoisotopic (exact) mass is 294 g/mol. The summed E-state index contributed by atoms with van der Waals surface area (Å²) < 4.78 is 5.84. The third kappa shape index (κ3) is 2.34. The summed E-state index contributed by atoms with van der Waals surface area (Å²) in [5.74, 6) is -0.217. The normalized spacial score (nSPS) is 18.0. The Bertz CT molecular complexity index is 720. The number of fused-ring (bicyclic) bond motifs is 1. The van der Waals surface area contributed by atoms with Gasteiger partial charge in [0, 0.05) is 17.3 Å². The van der Waals surface area contributed by atoms with Crippen LogP contribution in [-0.2, 0) is 11.3 Å². The highest BCUT2D eigenvalue weighted by atomic mass is 16.5. The molecule has 0 spiro atoms. The zero-order chi connectivity index (χ0) is 15.7. The Labute approximate surface area is 130 Å². The Kier molecular flexibility index (Phi) is 3.82. The molecule has 1 N–H and O–H groups in total. The lowest BCUT2D eigenvalue weighted by molar-refractivity contribution is 0.0932. The number of rotatable bonds is 3. The summed E-state index contributed by atoms with van der Waals surface area (Å²) in [6, 6.07) is 12.1. The zero-order valence-corrected chi connectivity index (χ0v) is 12.7. The molecule has 0 aliphatic carbocycles. The van der Waals surface area contributed by atoms with Gasteiger partial charge in [0.2, 0.25) is 0 Å². The standard InChI is InChI=1S/C18H18N2O2/c1-11(2)13(8-19)16-17(21)15-10-22-18(14(15)9-20-16)12-6-4-3-5-7-12/h3-7,9,11,13,18,21H,10H2,1-2H3. The summed E-state index contributed by atoms with van der Waals surface area (Å²) in [5.41, 5.74) is 3.12. The van der Waals surface area contributed by atoms with E-state index >= 15 is 0 Å². The molecule has 0 bridgehead atoms. The van der Waals surface area contributed by atoms with E-state index in [0.29, 0.717) is 12.3 Å². The van der Waals surface area contributed by atoms with Crippen molar-refractivity contribution in [2.45, 2.75) is 32.5 Å². The van der Waals surface area contributed by atoms with Crippen LogP contribution in [0, 0.1) is 17.2 Å². The minimum absolute atomic E-state index is 0.0914. The van der Waals surface area contributed by atoms with Crippen molar-refractivity contribution >= 4 is 0 Å². The lowest BCUT2D eigenvalue weighted by atomic mass is 9.90. The van der Waals surface area contributed by atoms with Crippen molar-refractivity contribution in [1.29, 1.82) is 5.26 Å². The summed E-state index contributed by atoms with van der Waals surface area (Å²) in [6.45, 7) is 4.24. The predicted octanol–water partition coefficient (Wildman–Crippen LogP) is 3.67. The summed E-state index contributed by atoms with van der Waals surface area (Å²) in [7, 11) is 0. The largest absolute Gasteiger partial charge is 0.506 e. The average Bonchev–Trinajstić information content (AvgIpc) is 2.95. The maximum absolute atomic E-state index is 10.5. The van der Waals surface area contributed by atoms with Crippen molar-refractivity contribution < 1.29 is 9.84 Å². The molecule has 0 saturated carbocycles. The number of nitrogens with zero attached hydrogens (tertiary/aromatic N) is 2. The average molecular weight is 294 g/mol. The first-order valence-corrected chi connectivity index (χ1v) is 7.40. The van der Waals surface area contributed by atoms with Crippen molar-refractivity contribution in [3.05, 3.63) is 58.9 Å². The zero-order valence-electron chi connectivity index (χ0n) is 12.7. The number of nitriles is 1. The van der Waals surface area contributed by atoms with Gasteiger partial charge in [-0.15, -0.1) is 0 Å². The number of aromatic nitrogens is 1. The van der Waals surface area contributed by atoms with Gasteiger partial charge in [0.25, 0.3) is 0 Å². The smallest absolute Gasteiger partial charge is 0.144 e. The Balaban J connectivity index is 2.03. The molecule has 112 valence electrons. The van der Waals surface area contributed by atoms with E-state index < -0.39 is 5.92 Å². The molecule has 1 aliphatic rings. The van der Waals surface area contributed by atoms with Crippen molar-refractivity contribution in [1.82, 2.24) is 4.98 Å². The second-order valence-electron chi connectivity index (χ2n) is 5.88. The van der Waals surface area contributed by atoms with E-state index in [9.17, 15) is 10.4 Å².